The monoisotopic (exact) mass is 258 g/mol. The van der Waals surface area contributed by atoms with Gasteiger partial charge in [-0.15, -0.1) is 0 Å². The van der Waals surface area contributed by atoms with E-state index >= 15 is 0 Å². The van der Waals surface area contributed by atoms with Crippen LogP contribution in [0.25, 0.3) is 0 Å². The van der Waals surface area contributed by atoms with Gasteiger partial charge in [-0.05, 0) is 42.0 Å². The highest BCUT2D eigenvalue weighted by Gasteiger charge is 2.09. The smallest absolute Gasteiger partial charge is 0.0499 e. The van der Waals surface area contributed by atoms with Crippen LogP contribution in [0.5, 0.6) is 0 Å². The molecule has 3 heteroatoms. The van der Waals surface area contributed by atoms with E-state index in [4.69, 9.17) is 11.6 Å². The van der Waals surface area contributed by atoms with Gasteiger partial charge in [0.05, 0.1) is 0 Å². The number of hydrogen-bond acceptors (Lipinski definition) is 2. The number of benzene rings is 1. The number of halogens is 1. The van der Waals surface area contributed by atoms with E-state index < -0.39 is 0 Å². The summed E-state index contributed by atoms with van der Waals surface area (Å²) in [6.07, 6.45) is 2.21. The van der Waals surface area contributed by atoms with Crippen LogP contribution in [0.2, 0.25) is 5.02 Å². The van der Waals surface area contributed by atoms with Gasteiger partial charge in [0.15, 0.2) is 0 Å². The van der Waals surface area contributed by atoms with Crippen molar-refractivity contribution in [3.05, 3.63) is 34.9 Å². The molecule has 90 valence electrons. The van der Waals surface area contributed by atoms with E-state index in [0.29, 0.717) is 0 Å². The summed E-state index contributed by atoms with van der Waals surface area (Å²) >= 11 is 7.79. The minimum Gasteiger partial charge on any atom is -0.396 e. The molecule has 1 N–H and O–H groups in total. The molecule has 0 aromatic heterocycles. The van der Waals surface area contributed by atoms with Gasteiger partial charge in [-0.1, -0.05) is 30.7 Å². The maximum absolute atomic E-state index is 9.37. The second-order valence-corrected chi connectivity index (χ2v) is 5.60. The largest absolute Gasteiger partial charge is 0.396 e. The number of aliphatic hydroxyl groups excluding tert-OH is 1. The molecule has 0 bridgehead atoms. The van der Waals surface area contributed by atoms with E-state index in [-0.39, 0.29) is 12.5 Å². The summed E-state index contributed by atoms with van der Waals surface area (Å²) in [5.74, 6) is 2.61. The van der Waals surface area contributed by atoms with E-state index in [9.17, 15) is 5.11 Å². The molecule has 0 aliphatic rings. The highest BCUT2D eigenvalue weighted by Crippen LogP contribution is 2.23. The number of rotatable bonds is 7. The number of hydrogen-bond donors (Lipinski definition) is 1. The van der Waals surface area contributed by atoms with Gasteiger partial charge in [0.2, 0.25) is 0 Å². The van der Waals surface area contributed by atoms with Gasteiger partial charge in [0, 0.05) is 17.5 Å². The predicted molar refractivity (Wildman–Crippen MR) is 73.5 cm³/mol. The molecule has 0 radical (unpaired) electrons. The fraction of sp³-hybridized carbons (Fsp3) is 0.538. The topological polar surface area (TPSA) is 20.2 Å². The summed E-state index contributed by atoms with van der Waals surface area (Å²) in [6, 6.07) is 7.80. The number of thioether (sulfide) groups is 1. The average molecular weight is 259 g/mol. The molecule has 0 amide bonds. The van der Waals surface area contributed by atoms with Crippen molar-refractivity contribution in [2.24, 2.45) is 0 Å². The Bertz CT molecular complexity index is 286. The van der Waals surface area contributed by atoms with Crippen LogP contribution in [0.3, 0.4) is 0 Å². The van der Waals surface area contributed by atoms with Gasteiger partial charge in [-0.2, -0.15) is 11.8 Å². The van der Waals surface area contributed by atoms with Crippen molar-refractivity contribution in [1.82, 2.24) is 0 Å². The molecule has 1 rings (SSSR count). The van der Waals surface area contributed by atoms with E-state index in [0.717, 1.165) is 17.9 Å². The van der Waals surface area contributed by atoms with Crippen molar-refractivity contribution in [2.45, 2.75) is 25.7 Å². The minimum atomic E-state index is 0.221. The van der Waals surface area contributed by atoms with Gasteiger partial charge in [0.25, 0.3) is 0 Å². The lowest BCUT2D eigenvalue weighted by molar-refractivity contribution is 0.259. The molecule has 0 saturated heterocycles. The summed E-state index contributed by atoms with van der Waals surface area (Å²) in [5, 5.41) is 10.1. The minimum absolute atomic E-state index is 0.221. The molecule has 0 spiro atoms. The van der Waals surface area contributed by atoms with Crippen molar-refractivity contribution in [3.8, 4) is 0 Å². The molecule has 0 heterocycles. The van der Waals surface area contributed by atoms with Crippen molar-refractivity contribution in [2.75, 3.05) is 18.1 Å². The van der Waals surface area contributed by atoms with Crippen LogP contribution in [0.4, 0.5) is 0 Å². The Morgan fingerprint density at radius 1 is 1.31 bits per heavy atom. The van der Waals surface area contributed by atoms with Gasteiger partial charge in [-0.3, -0.25) is 0 Å². The van der Waals surface area contributed by atoms with Crippen LogP contribution in [-0.2, 0) is 0 Å². The molecule has 0 aliphatic heterocycles. The van der Waals surface area contributed by atoms with E-state index in [1.807, 2.05) is 36.0 Å². The summed E-state index contributed by atoms with van der Waals surface area (Å²) in [4.78, 5) is 0. The van der Waals surface area contributed by atoms with Crippen LogP contribution < -0.4 is 0 Å². The highest BCUT2D eigenvalue weighted by atomic mass is 35.5. The van der Waals surface area contributed by atoms with Crippen LogP contribution in [0, 0.1) is 0 Å². The van der Waals surface area contributed by atoms with Crippen molar-refractivity contribution < 1.29 is 5.11 Å². The average Bonchev–Trinajstić information content (AvgIpc) is 2.31. The van der Waals surface area contributed by atoms with Crippen LogP contribution >= 0.6 is 23.4 Å². The quantitative estimate of drug-likeness (QED) is 0.748. The molecular weight excluding hydrogens is 240 g/mol. The predicted octanol–water partition coefficient (Wildman–Crippen LogP) is 3.95. The highest BCUT2D eigenvalue weighted by molar-refractivity contribution is 7.99. The van der Waals surface area contributed by atoms with Crippen molar-refractivity contribution in [3.63, 3.8) is 0 Å². The summed E-state index contributed by atoms with van der Waals surface area (Å²) < 4.78 is 0. The Morgan fingerprint density at radius 2 is 2.00 bits per heavy atom. The molecular formula is C13H19ClOS. The Hall–Kier alpha value is -0.180. The van der Waals surface area contributed by atoms with Gasteiger partial charge >= 0.3 is 0 Å². The maximum atomic E-state index is 9.37. The fourth-order valence-electron chi connectivity index (χ4n) is 1.67. The lowest BCUT2D eigenvalue weighted by Gasteiger charge is -2.14. The van der Waals surface area contributed by atoms with Gasteiger partial charge in [0.1, 0.15) is 0 Å². The molecule has 1 unspecified atom stereocenters. The first kappa shape index (κ1) is 13.9. The molecule has 0 aliphatic carbocycles. The van der Waals surface area contributed by atoms with E-state index in [2.05, 4.69) is 6.92 Å². The first-order valence-electron chi connectivity index (χ1n) is 5.72. The second-order valence-electron chi connectivity index (χ2n) is 3.77. The Labute approximate surface area is 107 Å². The zero-order valence-corrected chi connectivity index (χ0v) is 11.2. The zero-order valence-electron chi connectivity index (χ0n) is 9.66. The van der Waals surface area contributed by atoms with Gasteiger partial charge in [-0.25, -0.2) is 0 Å². The lowest BCUT2D eigenvalue weighted by atomic mass is 9.95. The van der Waals surface area contributed by atoms with Crippen LogP contribution in [0.15, 0.2) is 24.3 Å². The third kappa shape index (κ3) is 4.77. The Morgan fingerprint density at radius 3 is 2.56 bits per heavy atom. The third-order valence-electron chi connectivity index (χ3n) is 2.61. The standard InChI is InChI=1S/C13H19ClOS/c1-2-16-9-3-4-12(10-15)11-5-7-13(14)8-6-11/h5-8,12,15H,2-4,9-10H2,1H3. The summed E-state index contributed by atoms with van der Waals surface area (Å²) in [7, 11) is 0. The summed E-state index contributed by atoms with van der Waals surface area (Å²) in [6.45, 7) is 2.39. The zero-order chi connectivity index (χ0) is 11.8. The van der Waals surface area contributed by atoms with Gasteiger partial charge < -0.3 is 5.11 Å². The summed E-state index contributed by atoms with van der Waals surface area (Å²) in [5.41, 5.74) is 1.19. The molecule has 1 aromatic carbocycles. The normalized spacial score (nSPS) is 12.7. The second kappa shape index (κ2) is 7.99. The van der Waals surface area contributed by atoms with Crippen LogP contribution in [0.1, 0.15) is 31.2 Å². The number of aliphatic hydroxyl groups is 1. The molecule has 0 saturated carbocycles. The molecule has 1 aromatic rings. The maximum Gasteiger partial charge on any atom is 0.0499 e. The van der Waals surface area contributed by atoms with E-state index in [1.165, 1.54) is 17.1 Å². The molecule has 0 fully saturated rings. The first-order chi connectivity index (χ1) is 7.77. The Kier molecular flexibility index (Phi) is 6.93. The van der Waals surface area contributed by atoms with Crippen LogP contribution in [-0.4, -0.2) is 23.2 Å². The molecule has 16 heavy (non-hydrogen) atoms. The van der Waals surface area contributed by atoms with E-state index in [1.54, 1.807) is 0 Å². The first-order valence-corrected chi connectivity index (χ1v) is 7.25. The molecule has 1 atom stereocenters. The fourth-order valence-corrected chi connectivity index (χ4v) is 2.46. The van der Waals surface area contributed by atoms with Crippen molar-refractivity contribution in [1.29, 1.82) is 0 Å². The SMILES string of the molecule is CCSCCCC(CO)c1ccc(Cl)cc1. The lowest BCUT2D eigenvalue weighted by Crippen LogP contribution is -2.04. The molecule has 1 nitrogen and oxygen atoms in total. The Balaban J connectivity index is 2.44. The third-order valence-corrected chi connectivity index (χ3v) is 3.84. The van der Waals surface area contributed by atoms with Crippen molar-refractivity contribution >= 4 is 23.4 Å².